The summed E-state index contributed by atoms with van der Waals surface area (Å²) in [5.74, 6) is -0.0967. The predicted molar refractivity (Wildman–Crippen MR) is 125 cm³/mol. The first-order valence-electron chi connectivity index (χ1n) is 11.5. The van der Waals surface area contributed by atoms with E-state index in [0.717, 1.165) is 17.5 Å². The van der Waals surface area contributed by atoms with Crippen molar-refractivity contribution in [1.29, 1.82) is 0 Å². The molecule has 8 nitrogen and oxygen atoms in total. The normalized spacial score (nSPS) is 22.1. The smallest absolute Gasteiger partial charge is 0.319 e. The van der Waals surface area contributed by atoms with Crippen LogP contribution in [0.2, 0.25) is 0 Å². The summed E-state index contributed by atoms with van der Waals surface area (Å²) < 4.78 is 5.34. The van der Waals surface area contributed by atoms with Crippen LogP contribution in [0.15, 0.2) is 53.5 Å². The van der Waals surface area contributed by atoms with Crippen molar-refractivity contribution >= 4 is 23.6 Å². The van der Waals surface area contributed by atoms with Crippen molar-refractivity contribution in [2.75, 3.05) is 7.11 Å². The Balaban J connectivity index is 1.40. The molecule has 34 heavy (non-hydrogen) atoms. The van der Waals surface area contributed by atoms with Gasteiger partial charge in [0.2, 0.25) is 11.8 Å². The van der Waals surface area contributed by atoms with Gasteiger partial charge in [0.05, 0.1) is 12.8 Å². The number of piperidine rings is 1. The highest BCUT2D eigenvalue weighted by Gasteiger charge is 2.31. The van der Waals surface area contributed by atoms with Crippen molar-refractivity contribution in [1.82, 2.24) is 16.0 Å². The molecule has 0 aromatic heterocycles. The third-order valence-electron chi connectivity index (χ3n) is 6.48. The largest absolute Gasteiger partial charge is 0.495 e. The Bertz CT molecular complexity index is 1130. The second-order valence-corrected chi connectivity index (χ2v) is 8.93. The zero-order chi connectivity index (χ0) is 24.2. The lowest BCUT2D eigenvalue weighted by Crippen LogP contribution is -2.41. The number of methoxy groups -OCH3 is 1. The number of ether oxygens (including phenoxy) is 1. The van der Waals surface area contributed by atoms with Crippen molar-refractivity contribution in [3.8, 4) is 0 Å². The number of carbonyl (C=O) groups excluding carboxylic acids is 4. The van der Waals surface area contributed by atoms with Gasteiger partial charge in [-0.05, 0) is 54.4 Å². The van der Waals surface area contributed by atoms with E-state index >= 15 is 0 Å². The van der Waals surface area contributed by atoms with Gasteiger partial charge < -0.3 is 15.4 Å². The average molecular weight is 464 g/mol. The number of hydrogen-bond acceptors (Lipinski definition) is 5. The standard InChI is InChI=1S/C26H29N3O5/c1-15-6-10-22(34-2)21(12-15)28-26(33)27-14-18-4-3-5-20-19(18)9-7-16(24(20)31)13-17-8-11-23(30)29-25(17)32/h3-5,7,10,12,15,17H,6,8-9,11,13-14H2,1-2H3,(H2,27,28,33)(H,29,30,32). The Hall–Kier alpha value is -3.68. The highest BCUT2D eigenvalue weighted by Crippen LogP contribution is 2.30. The van der Waals surface area contributed by atoms with Crippen LogP contribution in [0.25, 0.3) is 0 Å². The molecule has 0 spiro atoms. The van der Waals surface area contributed by atoms with E-state index < -0.39 is 0 Å². The lowest BCUT2D eigenvalue weighted by Gasteiger charge is -2.24. The number of hydrogen-bond donors (Lipinski definition) is 3. The van der Waals surface area contributed by atoms with E-state index in [2.05, 4.69) is 22.9 Å². The van der Waals surface area contributed by atoms with Gasteiger partial charge in [-0.1, -0.05) is 37.3 Å². The third-order valence-corrected chi connectivity index (χ3v) is 6.48. The fraction of sp³-hybridized carbons (Fsp3) is 0.385. The number of rotatable bonds is 6. The molecule has 2 atom stereocenters. The zero-order valence-electron chi connectivity index (χ0n) is 19.4. The van der Waals surface area contributed by atoms with Crippen LogP contribution in [0.5, 0.6) is 0 Å². The van der Waals surface area contributed by atoms with E-state index in [1.54, 1.807) is 19.2 Å². The molecule has 178 valence electrons. The first-order valence-corrected chi connectivity index (χ1v) is 11.5. The molecular weight excluding hydrogens is 434 g/mol. The summed E-state index contributed by atoms with van der Waals surface area (Å²) in [5.41, 5.74) is 3.58. The molecular formula is C26H29N3O5. The molecule has 2 unspecified atom stereocenters. The molecule has 3 aliphatic rings. The molecule has 0 bridgehead atoms. The van der Waals surface area contributed by atoms with Gasteiger partial charge in [0.25, 0.3) is 0 Å². The number of fused-ring (bicyclic) bond motifs is 1. The quantitative estimate of drug-likeness (QED) is 0.561. The molecule has 1 aliphatic heterocycles. The molecule has 1 heterocycles. The van der Waals surface area contributed by atoms with E-state index in [0.29, 0.717) is 54.2 Å². The first kappa shape index (κ1) is 23.5. The molecule has 1 saturated heterocycles. The van der Waals surface area contributed by atoms with E-state index in [1.807, 2.05) is 24.3 Å². The Morgan fingerprint density at radius 1 is 1.21 bits per heavy atom. The van der Waals surface area contributed by atoms with Crippen LogP contribution in [0.1, 0.15) is 54.1 Å². The highest BCUT2D eigenvalue weighted by molar-refractivity contribution is 6.11. The highest BCUT2D eigenvalue weighted by atomic mass is 16.5. The summed E-state index contributed by atoms with van der Waals surface area (Å²) in [5, 5.41) is 8.06. The minimum absolute atomic E-state index is 0.103. The number of amides is 4. The number of benzene rings is 1. The Morgan fingerprint density at radius 2 is 2.03 bits per heavy atom. The summed E-state index contributed by atoms with van der Waals surface area (Å²) in [6.45, 7) is 2.34. The van der Waals surface area contributed by atoms with Crippen LogP contribution in [-0.4, -0.2) is 30.7 Å². The molecule has 1 aromatic rings. The minimum atomic E-state index is -0.370. The third kappa shape index (κ3) is 5.11. The van der Waals surface area contributed by atoms with Crippen LogP contribution < -0.4 is 16.0 Å². The second-order valence-electron chi connectivity index (χ2n) is 8.93. The van der Waals surface area contributed by atoms with E-state index in [4.69, 9.17) is 4.74 Å². The predicted octanol–water partition coefficient (Wildman–Crippen LogP) is 3.05. The van der Waals surface area contributed by atoms with E-state index in [9.17, 15) is 19.2 Å². The zero-order valence-corrected chi connectivity index (χ0v) is 19.4. The summed E-state index contributed by atoms with van der Waals surface area (Å²) in [4.78, 5) is 49.1. The summed E-state index contributed by atoms with van der Waals surface area (Å²) >= 11 is 0. The summed E-state index contributed by atoms with van der Waals surface area (Å²) in [6.07, 6.45) is 8.27. The van der Waals surface area contributed by atoms with Gasteiger partial charge in [0, 0.05) is 24.4 Å². The maximum atomic E-state index is 13.1. The number of urea groups is 1. The van der Waals surface area contributed by atoms with Crippen molar-refractivity contribution in [2.24, 2.45) is 11.8 Å². The lowest BCUT2D eigenvalue weighted by molar-refractivity contribution is -0.136. The van der Waals surface area contributed by atoms with E-state index in [1.165, 1.54) is 0 Å². The van der Waals surface area contributed by atoms with Gasteiger partial charge in [-0.3, -0.25) is 19.7 Å². The Labute approximate surface area is 198 Å². The number of carbonyl (C=O) groups is 4. The molecule has 3 N–H and O–H groups in total. The molecule has 4 amide bonds. The number of nitrogens with one attached hydrogen (secondary N) is 3. The molecule has 2 aliphatic carbocycles. The number of allylic oxidation sites excluding steroid dienone is 4. The van der Waals surface area contributed by atoms with E-state index in [-0.39, 0.29) is 36.1 Å². The first-order chi connectivity index (χ1) is 16.4. The maximum Gasteiger partial charge on any atom is 0.319 e. The number of Topliss-reactive ketones (excluding diaryl/α,β-unsaturated/α-hetero) is 1. The van der Waals surface area contributed by atoms with Crippen molar-refractivity contribution < 1.29 is 23.9 Å². The van der Waals surface area contributed by atoms with Gasteiger partial charge in [0.1, 0.15) is 5.76 Å². The molecule has 0 radical (unpaired) electrons. The van der Waals surface area contributed by atoms with Gasteiger partial charge >= 0.3 is 6.03 Å². The summed E-state index contributed by atoms with van der Waals surface area (Å²) in [7, 11) is 1.57. The molecule has 1 aromatic carbocycles. The molecule has 8 heteroatoms. The van der Waals surface area contributed by atoms with Gasteiger partial charge in [0.15, 0.2) is 5.78 Å². The maximum absolute atomic E-state index is 13.1. The molecule has 4 rings (SSSR count). The fourth-order valence-electron chi connectivity index (χ4n) is 4.60. The van der Waals surface area contributed by atoms with Crippen LogP contribution in [0.4, 0.5) is 4.79 Å². The Kier molecular flexibility index (Phi) is 6.95. The topological polar surface area (TPSA) is 114 Å². The second kappa shape index (κ2) is 10.1. The van der Waals surface area contributed by atoms with Gasteiger partial charge in [-0.15, -0.1) is 0 Å². The molecule has 0 saturated carbocycles. The SMILES string of the molecule is COC1=CCC(C)C=C1NC(=O)NCc1cccc2c1CC=C(CC1CCC(=O)NC1=O)C2=O. The molecule has 1 fully saturated rings. The number of imide groups is 1. The van der Waals surface area contributed by atoms with Gasteiger partial charge in [-0.25, -0.2) is 4.79 Å². The van der Waals surface area contributed by atoms with Crippen LogP contribution in [-0.2, 0) is 27.3 Å². The van der Waals surface area contributed by atoms with Crippen molar-refractivity contribution in [3.05, 3.63) is 70.1 Å². The number of ketones is 1. The fourth-order valence-corrected chi connectivity index (χ4v) is 4.60. The minimum Gasteiger partial charge on any atom is -0.495 e. The van der Waals surface area contributed by atoms with Crippen LogP contribution in [0.3, 0.4) is 0 Å². The van der Waals surface area contributed by atoms with Crippen molar-refractivity contribution in [2.45, 2.75) is 45.6 Å². The Morgan fingerprint density at radius 3 is 2.79 bits per heavy atom. The summed E-state index contributed by atoms with van der Waals surface area (Å²) in [6, 6.07) is 5.13. The van der Waals surface area contributed by atoms with Crippen LogP contribution >= 0.6 is 0 Å². The lowest BCUT2D eigenvalue weighted by atomic mass is 9.82. The van der Waals surface area contributed by atoms with Crippen LogP contribution in [0, 0.1) is 11.8 Å². The van der Waals surface area contributed by atoms with Gasteiger partial charge in [-0.2, -0.15) is 0 Å². The monoisotopic (exact) mass is 463 g/mol. The van der Waals surface area contributed by atoms with Crippen molar-refractivity contribution in [3.63, 3.8) is 0 Å². The average Bonchev–Trinajstić information content (AvgIpc) is 2.81.